The van der Waals surface area contributed by atoms with Gasteiger partial charge in [-0.3, -0.25) is 9.80 Å². The summed E-state index contributed by atoms with van der Waals surface area (Å²) in [4.78, 5) is 11.9. The number of allylic oxidation sites excluding steroid dienone is 1. The number of carbonyl (C=O) groups excluding carboxylic acids is 1. The number of hydrazine groups is 1. The minimum absolute atomic E-state index is 0.0295. The van der Waals surface area contributed by atoms with Crippen molar-refractivity contribution in [2.75, 3.05) is 5.01 Å². The van der Waals surface area contributed by atoms with Gasteiger partial charge < -0.3 is 5.11 Å². The summed E-state index contributed by atoms with van der Waals surface area (Å²) in [6.07, 6.45) is 4.10. The average Bonchev–Trinajstić information content (AvgIpc) is 2.60. The predicted octanol–water partition coefficient (Wildman–Crippen LogP) is 4.17. The van der Waals surface area contributed by atoms with Gasteiger partial charge in [-0.1, -0.05) is 48.0 Å². The molecule has 0 aliphatic heterocycles. The van der Waals surface area contributed by atoms with E-state index in [1.165, 1.54) is 28.6 Å². The first-order valence-electron chi connectivity index (χ1n) is 8.90. The normalized spacial score (nSPS) is 12.4. The third-order valence-corrected chi connectivity index (χ3v) is 4.56. The van der Waals surface area contributed by atoms with Crippen LogP contribution in [0.3, 0.4) is 0 Å². The molecule has 0 bridgehead atoms. The molecule has 0 aliphatic carbocycles. The van der Waals surface area contributed by atoms with Crippen molar-refractivity contribution < 1.29 is 9.90 Å². The van der Waals surface area contributed by atoms with Crippen molar-refractivity contribution in [1.29, 1.82) is 0 Å². The number of benzene rings is 2. The van der Waals surface area contributed by atoms with Crippen molar-refractivity contribution in [3.63, 3.8) is 0 Å². The second-order valence-electron chi connectivity index (χ2n) is 6.65. The van der Waals surface area contributed by atoms with Crippen LogP contribution in [0.1, 0.15) is 52.9 Å². The lowest BCUT2D eigenvalue weighted by Gasteiger charge is -2.27. The van der Waals surface area contributed by atoms with Gasteiger partial charge in [-0.05, 0) is 57.7 Å². The van der Waals surface area contributed by atoms with Crippen molar-refractivity contribution >= 4 is 17.5 Å². The molecule has 2 rings (SSSR count). The van der Waals surface area contributed by atoms with E-state index in [9.17, 15) is 9.90 Å². The molecular formula is C22H28N2O2. The molecule has 138 valence electrons. The lowest BCUT2D eigenvalue weighted by Crippen LogP contribution is -2.42. The molecule has 0 amide bonds. The Morgan fingerprint density at radius 3 is 2.62 bits per heavy atom. The number of hydrogen-bond donors (Lipinski definition) is 2. The van der Waals surface area contributed by atoms with Gasteiger partial charge in [0.1, 0.15) is 6.23 Å². The Kier molecular flexibility index (Phi) is 6.72. The van der Waals surface area contributed by atoms with Gasteiger partial charge in [0.2, 0.25) is 0 Å². The fourth-order valence-electron chi connectivity index (χ4n) is 3.14. The van der Waals surface area contributed by atoms with E-state index in [0.717, 1.165) is 12.0 Å². The summed E-state index contributed by atoms with van der Waals surface area (Å²) in [5.41, 5.74) is 5.62. The minimum Gasteiger partial charge on any atom is -0.372 e. The van der Waals surface area contributed by atoms with Gasteiger partial charge in [-0.2, -0.15) is 0 Å². The number of anilines is 1. The summed E-state index contributed by atoms with van der Waals surface area (Å²) in [6, 6.07) is 11.7. The Morgan fingerprint density at radius 2 is 2.00 bits per heavy atom. The van der Waals surface area contributed by atoms with E-state index >= 15 is 0 Å². The Bertz CT molecular complexity index is 812. The zero-order valence-electron chi connectivity index (χ0n) is 16.0. The molecule has 4 heteroatoms. The molecule has 2 aromatic carbocycles. The Morgan fingerprint density at radius 1 is 1.27 bits per heavy atom. The van der Waals surface area contributed by atoms with E-state index in [1.807, 2.05) is 25.1 Å². The summed E-state index contributed by atoms with van der Waals surface area (Å²) in [5.74, 6) is 6.17. The van der Waals surface area contributed by atoms with Crippen LogP contribution in [0.15, 0.2) is 42.5 Å². The van der Waals surface area contributed by atoms with Gasteiger partial charge in [-0.15, -0.1) is 0 Å². The smallest absolute Gasteiger partial charge is 0.160 e. The lowest BCUT2D eigenvalue weighted by molar-refractivity contribution is 0.101. The molecule has 3 N–H and O–H groups in total. The van der Waals surface area contributed by atoms with Crippen molar-refractivity contribution in [2.24, 2.45) is 5.84 Å². The molecule has 0 radical (unpaired) electrons. The number of hydrogen-bond acceptors (Lipinski definition) is 4. The van der Waals surface area contributed by atoms with E-state index in [1.54, 1.807) is 12.1 Å². The monoisotopic (exact) mass is 352 g/mol. The van der Waals surface area contributed by atoms with Crippen LogP contribution in [-0.2, 0) is 6.42 Å². The van der Waals surface area contributed by atoms with Crippen LogP contribution in [0.25, 0.3) is 6.08 Å². The summed E-state index contributed by atoms with van der Waals surface area (Å²) >= 11 is 0. The zero-order chi connectivity index (χ0) is 19.3. The summed E-state index contributed by atoms with van der Waals surface area (Å²) in [7, 11) is 0. The number of rotatable bonds is 7. The van der Waals surface area contributed by atoms with Crippen LogP contribution >= 0.6 is 0 Å². The average molecular weight is 352 g/mol. The maximum absolute atomic E-state index is 11.9. The SMILES string of the molecule is C/C=C\c1c(C(C)=O)cccc1N(N)[C@H](O)CCc1ccc(C)cc1C. The number of nitrogens with two attached hydrogens (primary N) is 1. The Balaban J connectivity index is 2.21. The quantitative estimate of drug-likeness (QED) is 0.340. The topological polar surface area (TPSA) is 66.6 Å². The first kappa shape index (κ1) is 19.9. The van der Waals surface area contributed by atoms with Crippen LogP contribution in [0, 0.1) is 13.8 Å². The molecule has 1 atom stereocenters. The standard InChI is InChI=1S/C22H28N2O2/c1-5-7-20-19(17(4)25)8-6-9-21(20)24(23)22(26)13-12-18-11-10-15(2)14-16(18)3/h5-11,14,22,26H,12-13,23H2,1-4H3/b7-5-/t22-/m1/s1. The molecule has 0 saturated heterocycles. The highest BCUT2D eigenvalue weighted by atomic mass is 16.3. The van der Waals surface area contributed by atoms with Gasteiger partial charge in [0.25, 0.3) is 0 Å². The molecule has 4 nitrogen and oxygen atoms in total. The highest BCUT2D eigenvalue weighted by Gasteiger charge is 2.18. The van der Waals surface area contributed by atoms with Crippen LogP contribution < -0.4 is 10.9 Å². The second-order valence-corrected chi connectivity index (χ2v) is 6.65. The molecule has 0 fully saturated rings. The lowest BCUT2D eigenvalue weighted by atomic mass is 10.00. The molecule has 0 heterocycles. The van der Waals surface area contributed by atoms with E-state index in [-0.39, 0.29) is 5.78 Å². The molecule has 0 spiro atoms. The van der Waals surface area contributed by atoms with Crippen molar-refractivity contribution in [1.82, 2.24) is 0 Å². The first-order chi connectivity index (χ1) is 12.3. The first-order valence-corrected chi connectivity index (χ1v) is 8.90. The molecular weight excluding hydrogens is 324 g/mol. The van der Waals surface area contributed by atoms with Crippen LogP contribution in [-0.4, -0.2) is 17.1 Å². The third-order valence-electron chi connectivity index (χ3n) is 4.56. The van der Waals surface area contributed by atoms with Gasteiger partial charge in [0.05, 0.1) is 5.69 Å². The fourth-order valence-corrected chi connectivity index (χ4v) is 3.14. The van der Waals surface area contributed by atoms with Crippen LogP contribution in [0.2, 0.25) is 0 Å². The number of aliphatic hydroxyl groups is 1. The molecule has 0 aromatic heterocycles. The predicted molar refractivity (Wildman–Crippen MR) is 108 cm³/mol. The summed E-state index contributed by atoms with van der Waals surface area (Å²) < 4.78 is 0. The van der Waals surface area contributed by atoms with Crippen molar-refractivity contribution in [3.8, 4) is 0 Å². The van der Waals surface area contributed by atoms with Crippen molar-refractivity contribution in [3.05, 3.63) is 70.3 Å². The maximum atomic E-state index is 11.9. The largest absolute Gasteiger partial charge is 0.372 e. The van der Waals surface area contributed by atoms with Crippen molar-refractivity contribution in [2.45, 2.75) is 46.8 Å². The number of Topliss-reactive ketones (excluding diaryl/α,β-unsaturated/α-hetero) is 1. The van der Waals surface area contributed by atoms with Gasteiger partial charge in [-0.25, -0.2) is 5.84 Å². The molecule has 0 saturated carbocycles. The molecule has 26 heavy (non-hydrogen) atoms. The third kappa shape index (κ3) is 4.59. The number of ketones is 1. The summed E-state index contributed by atoms with van der Waals surface area (Å²) in [5, 5.41) is 11.9. The van der Waals surface area contributed by atoms with Gasteiger partial charge in [0, 0.05) is 11.1 Å². The van der Waals surface area contributed by atoms with Crippen LogP contribution in [0.5, 0.6) is 0 Å². The second kappa shape index (κ2) is 8.79. The Labute approximate surface area is 155 Å². The zero-order valence-corrected chi connectivity index (χ0v) is 16.0. The Hall–Kier alpha value is -2.43. The fraction of sp³-hybridized carbons (Fsp3) is 0.318. The molecule has 0 unspecified atom stereocenters. The number of carbonyl (C=O) groups is 1. The number of aliphatic hydroxyl groups excluding tert-OH is 1. The number of aryl methyl sites for hydroxylation is 3. The van der Waals surface area contributed by atoms with E-state index in [2.05, 4.69) is 32.0 Å². The van der Waals surface area contributed by atoms with Gasteiger partial charge >= 0.3 is 0 Å². The highest BCUT2D eigenvalue weighted by Crippen LogP contribution is 2.26. The molecule has 2 aromatic rings. The highest BCUT2D eigenvalue weighted by molar-refractivity contribution is 5.99. The van der Waals surface area contributed by atoms with Gasteiger partial charge in [0.15, 0.2) is 5.78 Å². The van der Waals surface area contributed by atoms with E-state index < -0.39 is 6.23 Å². The molecule has 0 aliphatic rings. The van der Waals surface area contributed by atoms with E-state index in [4.69, 9.17) is 5.84 Å². The van der Waals surface area contributed by atoms with Crippen LogP contribution in [0.4, 0.5) is 5.69 Å². The van der Waals surface area contributed by atoms with E-state index in [0.29, 0.717) is 17.7 Å². The maximum Gasteiger partial charge on any atom is 0.160 e. The minimum atomic E-state index is -0.845. The number of nitrogens with zero attached hydrogens (tertiary/aromatic N) is 1. The summed E-state index contributed by atoms with van der Waals surface area (Å²) in [6.45, 7) is 7.56.